The highest BCUT2D eigenvalue weighted by Gasteiger charge is 2.41. The predicted molar refractivity (Wildman–Crippen MR) is 151 cm³/mol. The minimum absolute atomic E-state index is 0.0455. The minimum atomic E-state index is -0.815. The first kappa shape index (κ1) is 27.2. The van der Waals surface area contributed by atoms with Gasteiger partial charge in [0.1, 0.15) is 11.4 Å². The number of anilines is 4. The maximum Gasteiger partial charge on any atom is 0.251 e. The number of carbonyl (C=O) groups is 2. The first-order valence-corrected chi connectivity index (χ1v) is 14.0. The summed E-state index contributed by atoms with van der Waals surface area (Å²) in [5.41, 5.74) is 0.389. The molecule has 0 atom stereocenters. The number of aliphatic hydroxyl groups is 1. The van der Waals surface area contributed by atoms with E-state index in [2.05, 4.69) is 20.5 Å². The molecular weight excluding hydrogens is 496 g/mol. The highest BCUT2D eigenvalue weighted by molar-refractivity contribution is 6.01. The number of rotatable bonds is 7. The fourth-order valence-corrected chi connectivity index (χ4v) is 6.14. The van der Waals surface area contributed by atoms with E-state index < -0.39 is 11.0 Å². The van der Waals surface area contributed by atoms with Crippen LogP contribution in [0.25, 0.3) is 0 Å². The van der Waals surface area contributed by atoms with Gasteiger partial charge in [-0.05, 0) is 57.7 Å². The summed E-state index contributed by atoms with van der Waals surface area (Å²) in [6.45, 7) is 4.81. The molecule has 1 aliphatic heterocycles. The van der Waals surface area contributed by atoms with Crippen LogP contribution in [0.2, 0.25) is 0 Å². The zero-order valence-corrected chi connectivity index (χ0v) is 23.4. The van der Waals surface area contributed by atoms with Gasteiger partial charge in [-0.15, -0.1) is 0 Å². The number of hydrogen-bond acceptors (Lipinski definition) is 8. The highest BCUT2D eigenvalue weighted by Crippen LogP contribution is 2.40. The number of amides is 2. The molecule has 2 fully saturated rings. The molecule has 5 rings (SSSR count). The number of fused-ring (bicyclic) bond motifs is 1. The highest BCUT2D eigenvalue weighted by atomic mass is 16.5. The number of carbonyl (C=O) groups excluding carboxylic acids is 2. The molecule has 0 unspecified atom stereocenters. The van der Waals surface area contributed by atoms with Crippen molar-refractivity contribution in [1.82, 2.24) is 15.3 Å². The summed E-state index contributed by atoms with van der Waals surface area (Å²) in [6.07, 6.45) is 9.58. The summed E-state index contributed by atoms with van der Waals surface area (Å²) in [5, 5.41) is 16.7. The third kappa shape index (κ3) is 5.52. The molecule has 1 aromatic carbocycles. The monoisotopic (exact) mass is 536 g/mol. The maximum absolute atomic E-state index is 13.2. The van der Waals surface area contributed by atoms with Crippen LogP contribution < -0.4 is 25.2 Å². The molecule has 3 aliphatic rings. The van der Waals surface area contributed by atoms with E-state index in [4.69, 9.17) is 9.72 Å². The van der Waals surface area contributed by atoms with Crippen LogP contribution in [0, 0.1) is 5.41 Å². The van der Waals surface area contributed by atoms with Gasteiger partial charge < -0.3 is 30.3 Å². The lowest BCUT2D eigenvalue weighted by molar-refractivity contribution is -0.125. The number of aromatic nitrogens is 2. The molecule has 0 radical (unpaired) electrons. The summed E-state index contributed by atoms with van der Waals surface area (Å²) >= 11 is 0. The van der Waals surface area contributed by atoms with Crippen LogP contribution in [0.5, 0.6) is 5.75 Å². The third-order valence-electron chi connectivity index (χ3n) is 8.42. The lowest BCUT2D eigenvalue weighted by Gasteiger charge is -2.34. The van der Waals surface area contributed by atoms with Crippen LogP contribution in [0.15, 0.2) is 24.4 Å². The topological polar surface area (TPSA) is 120 Å². The van der Waals surface area contributed by atoms with E-state index in [1.54, 1.807) is 43.5 Å². The second-order valence-electron chi connectivity index (χ2n) is 11.9. The second kappa shape index (κ2) is 10.6. The Labute approximate surface area is 230 Å². The number of nitrogens with zero attached hydrogens (tertiary/aromatic N) is 4. The van der Waals surface area contributed by atoms with E-state index in [9.17, 15) is 14.7 Å². The first-order chi connectivity index (χ1) is 18.6. The van der Waals surface area contributed by atoms with E-state index in [-0.39, 0.29) is 18.4 Å². The number of nitrogens with one attached hydrogen (secondary N) is 2. The molecule has 1 aromatic heterocycles. The Morgan fingerprint density at radius 2 is 1.90 bits per heavy atom. The van der Waals surface area contributed by atoms with Crippen molar-refractivity contribution in [2.45, 2.75) is 76.9 Å². The second-order valence-corrected chi connectivity index (χ2v) is 11.9. The van der Waals surface area contributed by atoms with Crippen LogP contribution in [-0.4, -0.2) is 65.8 Å². The molecule has 2 amide bonds. The Balaban J connectivity index is 1.39. The van der Waals surface area contributed by atoms with Gasteiger partial charge in [-0.2, -0.15) is 4.98 Å². The van der Waals surface area contributed by atoms with Crippen molar-refractivity contribution in [3.63, 3.8) is 0 Å². The summed E-state index contributed by atoms with van der Waals surface area (Å²) in [7, 11) is 3.33. The molecule has 39 heavy (non-hydrogen) atoms. The van der Waals surface area contributed by atoms with E-state index in [1.807, 2.05) is 13.8 Å². The molecule has 3 N–H and O–H groups in total. The van der Waals surface area contributed by atoms with Crippen molar-refractivity contribution in [3.8, 4) is 5.75 Å². The predicted octanol–water partition coefficient (Wildman–Crippen LogP) is 4.02. The summed E-state index contributed by atoms with van der Waals surface area (Å²) < 4.78 is 5.59. The maximum atomic E-state index is 13.2. The number of methoxy groups -OCH3 is 1. The molecule has 10 nitrogen and oxygen atoms in total. The fraction of sp³-hybridized carbons (Fsp3) is 0.586. The zero-order valence-electron chi connectivity index (χ0n) is 23.4. The van der Waals surface area contributed by atoms with Gasteiger partial charge in [0.05, 0.1) is 30.0 Å². The van der Waals surface area contributed by atoms with Crippen LogP contribution in [0.4, 0.5) is 23.1 Å². The van der Waals surface area contributed by atoms with Crippen LogP contribution in [-0.2, 0) is 4.79 Å². The molecule has 2 aliphatic carbocycles. The number of benzene rings is 1. The van der Waals surface area contributed by atoms with Gasteiger partial charge in [-0.1, -0.05) is 25.7 Å². The van der Waals surface area contributed by atoms with Crippen molar-refractivity contribution < 1.29 is 19.4 Å². The van der Waals surface area contributed by atoms with Gasteiger partial charge in [0.2, 0.25) is 11.9 Å². The molecule has 2 saturated carbocycles. The lowest BCUT2D eigenvalue weighted by Crippen LogP contribution is -2.45. The van der Waals surface area contributed by atoms with Gasteiger partial charge in [-0.3, -0.25) is 9.59 Å². The molecule has 10 heteroatoms. The van der Waals surface area contributed by atoms with Gasteiger partial charge >= 0.3 is 0 Å². The van der Waals surface area contributed by atoms with E-state index in [0.717, 1.165) is 31.5 Å². The third-order valence-corrected chi connectivity index (χ3v) is 8.42. The average Bonchev–Trinajstić information content (AvgIpc) is 3.61. The Morgan fingerprint density at radius 3 is 2.59 bits per heavy atom. The molecule has 2 heterocycles. The summed E-state index contributed by atoms with van der Waals surface area (Å²) in [6, 6.07) is 5.47. The molecule has 0 spiro atoms. The van der Waals surface area contributed by atoms with Crippen molar-refractivity contribution >= 4 is 35.0 Å². The Bertz CT molecular complexity index is 1240. The van der Waals surface area contributed by atoms with Crippen molar-refractivity contribution in [3.05, 3.63) is 30.0 Å². The average molecular weight is 537 g/mol. The van der Waals surface area contributed by atoms with E-state index in [1.165, 1.54) is 12.8 Å². The Kier molecular flexibility index (Phi) is 7.41. The number of ether oxygens (including phenoxy) is 1. The van der Waals surface area contributed by atoms with Crippen LogP contribution in [0.1, 0.15) is 75.6 Å². The van der Waals surface area contributed by atoms with E-state index in [0.29, 0.717) is 54.1 Å². The fourth-order valence-electron chi connectivity index (χ4n) is 6.14. The van der Waals surface area contributed by atoms with E-state index >= 15 is 0 Å². The molecule has 210 valence electrons. The molecule has 0 bridgehead atoms. The van der Waals surface area contributed by atoms with Crippen molar-refractivity contribution in [2.24, 2.45) is 5.41 Å². The quantitative estimate of drug-likeness (QED) is 0.486. The normalized spacial score (nSPS) is 20.5. The Hall–Kier alpha value is -3.40. The largest absolute Gasteiger partial charge is 0.495 e. The summed E-state index contributed by atoms with van der Waals surface area (Å²) in [5.74, 6) is 1.40. The Morgan fingerprint density at radius 1 is 1.18 bits per heavy atom. The number of hydrogen-bond donors (Lipinski definition) is 3. The van der Waals surface area contributed by atoms with Crippen LogP contribution >= 0.6 is 0 Å². The van der Waals surface area contributed by atoms with Crippen LogP contribution in [0.3, 0.4) is 0 Å². The first-order valence-electron chi connectivity index (χ1n) is 14.0. The van der Waals surface area contributed by atoms with Crippen molar-refractivity contribution in [1.29, 1.82) is 0 Å². The molecule has 2 aromatic rings. The van der Waals surface area contributed by atoms with Gasteiger partial charge in [0.15, 0.2) is 5.82 Å². The molecular formula is C29H40N6O4. The van der Waals surface area contributed by atoms with Crippen molar-refractivity contribution in [2.75, 3.05) is 42.4 Å². The van der Waals surface area contributed by atoms with Gasteiger partial charge in [-0.25, -0.2) is 4.98 Å². The minimum Gasteiger partial charge on any atom is -0.495 e. The summed E-state index contributed by atoms with van der Waals surface area (Å²) in [4.78, 5) is 39.4. The van der Waals surface area contributed by atoms with Gasteiger partial charge in [0.25, 0.3) is 5.91 Å². The smallest absolute Gasteiger partial charge is 0.251 e. The lowest BCUT2D eigenvalue weighted by atomic mass is 9.91. The standard InChI is InChI=1S/C29H40N6O4/c1-28(2)18-35(20-9-5-6-10-20)24-22(34(3)26(28)37)16-30-27(33-24)32-21-12-11-19(15-23(21)39-4)25(36)31-17-29(38)13-7-8-14-29/h11-12,15-16,20,38H,5-10,13-14,17-18H2,1-4H3,(H,31,36)(H,30,32,33). The SMILES string of the molecule is COc1cc(C(=O)NCC2(O)CCCC2)ccc1Nc1ncc2c(n1)N(C1CCCC1)CC(C)(C)C(=O)N2C. The zero-order chi connectivity index (χ0) is 27.8. The van der Waals surface area contributed by atoms with Gasteiger partial charge in [0, 0.05) is 31.7 Å². The molecule has 0 saturated heterocycles.